The first-order valence-electron chi connectivity index (χ1n) is 5.29. The smallest absolute Gasteiger partial charge is 0.248 e. The largest absolute Gasteiger partial charge is 0.366 e. The summed E-state index contributed by atoms with van der Waals surface area (Å²) in [6, 6.07) is 7.18. The lowest BCUT2D eigenvalue weighted by molar-refractivity contribution is -0.119. The Bertz CT molecular complexity index is 429. The molecule has 1 amide bonds. The Morgan fingerprint density at radius 1 is 1.44 bits per heavy atom. The molecule has 1 saturated heterocycles. The summed E-state index contributed by atoms with van der Waals surface area (Å²) in [5.41, 5.74) is 6.66. The molecule has 1 heterocycles. The minimum atomic E-state index is -0.436. The summed E-state index contributed by atoms with van der Waals surface area (Å²) in [6.45, 7) is 1.12. The van der Waals surface area contributed by atoms with Crippen molar-refractivity contribution in [2.75, 3.05) is 13.1 Å². The summed E-state index contributed by atoms with van der Waals surface area (Å²) in [5.74, 6) is -0.256. The fraction of sp³-hybridized carbons (Fsp3) is 0.333. The van der Waals surface area contributed by atoms with E-state index in [1.807, 2.05) is 12.1 Å². The average molecular weight is 218 g/mol. The van der Waals surface area contributed by atoms with Gasteiger partial charge < -0.3 is 11.1 Å². The van der Waals surface area contributed by atoms with Crippen molar-refractivity contribution in [3.8, 4) is 0 Å². The third-order valence-corrected chi connectivity index (χ3v) is 2.89. The van der Waals surface area contributed by atoms with Crippen LogP contribution in [0.25, 0.3) is 0 Å². The van der Waals surface area contributed by atoms with E-state index >= 15 is 0 Å². The zero-order valence-corrected chi connectivity index (χ0v) is 8.90. The number of nitrogens with one attached hydrogen (secondary N) is 1. The van der Waals surface area contributed by atoms with Crippen LogP contribution in [0.3, 0.4) is 0 Å². The predicted molar refractivity (Wildman–Crippen MR) is 60.0 cm³/mol. The van der Waals surface area contributed by atoms with Crippen LogP contribution in [0, 0.1) is 5.92 Å². The van der Waals surface area contributed by atoms with Crippen molar-refractivity contribution >= 4 is 11.7 Å². The molecular formula is C12H14N2O2. The maximum atomic E-state index is 11.5. The third kappa shape index (κ3) is 2.12. The number of amides is 1. The molecule has 3 N–H and O–H groups in total. The Kier molecular flexibility index (Phi) is 3.01. The minimum absolute atomic E-state index is 0.0273. The average Bonchev–Trinajstić information content (AvgIpc) is 2.65. The van der Waals surface area contributed by atoms with Gasteiger partial charge in [0.2, 0.25) is 5.91 Å². The van der Waals surface area contributed by atoms with Crippen LogP contribution < -0.4 is 11.1 Å². The van der Waals surface area contributed by atoms with Crippen LogP contribution in [0.5, 0.6) is 0 Å². The second kappa shape index (κ2) is 4.45. The normalized spacial score (nSPS) is 20.0. The van der Waals surface area contributed by atoms with E-state index in [-0.39, 0.29) is 11.7 Å². The molecule has 4 nitrogen and oxygen atoms in total. The van der Waals surface area contributed by atoms with Gasteiger partial charge in [0.15, 0.2) is 5.78 Å². The molecule has 1 atom stereocenters. The topological polar surface area (TPSA) is 72.2 Å². The second-order valence-electron chi connectivity index (χ2n) is 4.02. The molecular weight excluding hydrogens is 204 g/mol. The van der Waals surface area contributed by atoms with E-state index < -0.39 is 5.91 Å². The highest BCUT2D eigenvalue weighted by atomic mass is 16.1. The number of benzene rings is 1. The number of hydrogen-bond donors (Lipinski definition) is 2. The number of nitrogens with two attached hydrogens (primary N) is 1. The van der Waals surface area contributed by atoms with Crippen molar-refractivity contribution in [3.63, 3.8) is 0 Å². The number of primary amides is 1. The highest BCUT2D eigenvalue weighted by Gasteiger charge is 2.25. The first kappa shape index (κ1) is 10.8. The molecule has 1 aromatic rings. The van der Waals surface area contributed by atoms with Crippen molar-refractivity contribution in [2.45, 2.75) is 6.42 Å². The standard InChI is InChI=1S/C12H14N2O2/c13-12(16)10-4-2-1-3-8(10)5-9-6-14-7-11(9)15/h1-4,9,14H,5-7H2,(H2,13,16)/t9-/m0/s1. The third-order valence-electron chi connectivity index (χ3n) is 2.89. The first-order chi connectivity index (χ1) is 7.68. The van der Waals surface area contributed by atoms with Crippen LogP contribution in [-0.4, -0.2) is 24.8 Å². The lowest BCUT2D eigenvalue weighted by Crippen LogP contribution is -2.19. The van der Waals surface area contributed by atoms with E-state index in [0.29, 0.717) is 25.1 Å². The number of ketones is 1. The summed E-state index contributed by atoms with van der Waals surface area (Å²) < 4.78 is 0. The van der Waals surface area contributed by atoms with Gasteiger partial charge in [0.1, 0.15) is 0 Å². The SMILES string of the molecule is NC(=O)c1ccccc1C[C@H]1CNCC1=O. The zero-order valence-electron chi connectivity index (χ0n) is 8.90. The summed E-state index contributed by atoms with van der Waals surface area (Å²) in [6.07, 6.45) is 0.588. The Morgan fingerprint density at radius 3 is 2.81 bits per heavy atom. The molecule has 2 rings (SSSR count). The molecule has 4 heteroatoms. The molecule has 0 saturated carbocycles. The monoisotopic (exact) mass is 218 g/mol. The Morgan fingerprint density at radius 2 is 2.19 bits per heavy atom. The molecule has 0 unspecified atom stereocenters. The van der Waals surface area contributed by atoms with Gasteiger partial charge in [-0.15, -0.1) is 0 Å². The van der Waals surface area contributed by atoms with Gasteiger partial charge in [-0.25, -0.2) is 0 Å². The zero-order chi connectivity index (χ0) is 11.5. The van der Waals surface area contributed by atoms with Crippen LogP contribution in [0.15, 0.2) is 24.3 Å². The second-order valence-corrected chi connectivity index (χ2v) is 4.02. The number of carbonyl (C=O) groups is 2. The van der Waals surface area contributed by atoms with Gasteiger partial charge in [0.05, 0.1) is 6.54 Å². The fourth-order valence-corrected chi connectivity index (χ4v) is 2.02. The molecule has 1 aliphatic rings. The lowest BCUT2D eigenvalue weighted by atomic mass is 9.94. The van der Waals surface area contributed by atoms with Crippen molar-refractivity contribution in [2.24, 2.45) is 11.7 Å². The van der Waals surface area contributed by atoms with Gasteiger partial charge >= 0.3 is 0 Å². The Labute approximate surface area is 93.8 Å². The van der Waals surface area contributed by atoms with E-state index in [0.717, 1.165) is 5.56 Å². The van der Waals surface area contributed by atoms with E-state index in [9.17, 15) is 9.59 Å². The number of Topliss-reactive ketones (excluding diaryl/α,β-unsaturated/α-hetero) is 1. The van der Waals surface area contributed by atoms with Crippen LogP contribution in [0.4, 0.5) is 0 Å². The van der Waals surface area contributed by atoms with Gasteiger partial charge in [-0.3, -0.25) is 9.59 Å². The fourth-order valence-electron chi connectivity index (χ4n) is 2.02. The van der Waals surface area contributed by atoms with Crippen molar-refractivity contribution in [1.29, 1.82) is 0 Å². The molecule has 1 aromatic carbocycles. The van der Waals surface area contributed by atoms with Crippen molar-refractivity contribution < 1.29 is 9.59 Å². The molecule has 16 heavy (non-hydrogen) atoms. The van der Waals surface area contributed by atoms with Crippen LogP contribution in [0.1, 0.15) is 15.9 Å². The first-order valence-corrected chi connectivity index (χ1v) is 5.29. The highest BCUT2D eigenvalue weighted by molar-refractivity contribution is 5.94. The van der Waals surface area contributed by atoms with Crippen LogP contribution in [-0.2, 0) is 11.2 Å². The molecule has 0 bridgehead atoms. The van der Waals surface area contributed by atoms with Gasteiger partial charge in [-0.1, -0.05) is 18.2 Å². The molecule has 0 spiro atoms. The molecule has 1 aliphatic heterocycles. The quantitative estimate of drug-likeness (QED) is 0.756. The Hall–Kier alpha value is -1.68. The van der Waals surface area contributed by atoms with E-state index in [4.69, 9.17) is 5.73 Å². The highest BCUT2D eigenvalue weighted by Crippen LogP contribution is 2.16. The maximum absolute atomic E-state index is 11.5. The van der Waals surface area contributed by atoms with E-state index in [2.05, 4.69) is 5.32 Å². The molecule has 0 aromatic heterocycles. The van der Waals surface area contributed by atoms with Gasteiger partial charge in [-0.2, -0.15) is 0 Å². The van der Waals surface area contributed by atoms with Crippen LogP contribution >= 0.6 is 0 Å². The van der Waals surface area contributed by atoms with E-state index in [1.54, 1.807) is 12.1 Å². The number of hydrogen-bond acceptors (Lipinski definition) is 3. The van der Waals surface area contributed by atoms with Gasteiger partial charge in [0, 0.05) is 18.0 Å². The summed E-state index contributed by atoms with van der Waals surface area (Å²) in [5, 5.41) is 3.03. The predicted octanol–water partition coefficient (Wildman–Crippen LogP) is 0.116. The minimum Gasteiger partial charge on any atom is -0.366 e. The Balaban J connectivity index is 2.20. The summed E-state index contributed by atoms with van der Waals surface area (Å²) in [4.78, 5) is 22.7. The van der Waals surface area contributed by atoms with Crippen LogP contribution in [0.2, 0.25) is 0 Å². The lowest BCUT2D eigenvalue weighted by Gasteiger charge is -2.10. The van der Waals surface area contributed by atoms with E-state index in [1.165, 1.54) is 0 Å². The van der Waals surface area contributed by atoms with Crippen molar-refractivity contribution in [1.82, 2.24) is 5.32 Å². The van der Waals surface area contributed by atoms with Gasteiger partial charge in [-0.05, 0) is 18.1 Å². The molecule has 1 fully saturated rings. The molecule has 84 valence electrons. The summed E-state index contributed by atoms with van der Waals surface area (Å²) in [7, 11) is 0. The van der Waals surface area contributed by atoms with Crippen molar-refractivity contribution in [3.05, 3.63) is 35.4 Å². The molecule has 0 radical (unpaired) electrons. The number of rotatable bonds is 3. The number of carbonyl (C=O) groups excluding carboxylic acids is 2. The maximum Gasteiger partial charge on any atom is 0.248 e. The summed E-state index contributed by atoms with van der Waals surface area (Å²) >= 11 is 0. The van der Waals surface area contributed by atoms with Gasteiger partial charge in [0.25, 0.3) is 0 Å². The molecule has 0 aliphatic carbocycles.